The minimum absolute atomic E-state index is 0.0253. The predicted molar refractivity (Wildman–Crippen MR) is 330 cm³/mol. The number of amides is 1. The minimum atomic E-state index is -4.70. The molecule has 0 aliphatic heterocycles. The van der Waals surface area contributed by atoms with Crippen LogP contribution in [0.3, 0.4) is 0 Å². The molecule has 0 aromatic carbocycles. The van der Waals surface area contributed by atoms with Crippen LogP contribution in [0.15, 0.2) is 85.1 Å². The standard InChI is InChI=1S/C67H121N2O7P/c1-7-10-13-16-19-22-25-27-28-29-30-31-32-33-34-35-36-37-38-39-40-42-45-48-51-54-57-60-67(71)76-65(58-55-52-49-46-44-41-26-23-20-17-14-11-8-2)64(63-75-77(72,73)74-62-61-69(4,5)6)68-66(70)59-56-53-50-47-43-24-21-18-15-12-9-3/h10,13,19,22,27-28,30-31,33-34,36-37,55,58,64-65H,7-9,11-12,14-18,20-21,23-26,29,32,35,38-54,56-57,59-63H2,1-6H3,(H-,68,70,72,73)/b13-10-,22-19-,28-27-,31-30-,34-33-,37-36-,58-55-. The van der Waals surface area contributed by atoms with Crippen molar-refractivity contribution < 1.29 is 37.3 Å². The van der Waals surface area contributed by atoms with Gasteiger partial charge in [0.15, 0.2) is 0 Å². The molecule has 9 nitrogen and oxygen atoms in total. The lowest BCUT2D eigenvalue weighted by molar-refractivity contribution is -0.870. The first-order chi connectivity index (χ1) is 37.4. The van der Waals surface area contributed by atoms with Crippen LogP contribution in [0.25, 0.3) is 0 Å². The molecule has 10 heteroatoms. The van der Waals surface area contributed by atoms with Gasteiger partial charge >= 0.3 is 5.97 Å². The first-order valence-electron chi connectivity index (χ1n) is 31.9. The van der Waals surface area contributed by atoms with Gasteiger partial charge < -0.3 is 28.5 Å². The molecule has 0 spiro atoms. The minimum Gasteiger partial charge on any atom is -0.756 e. The molecule has 0 aromatic rings. The van der Waals surface area contributed by atoms with Gasteiger partial charge in [0, 0.05) is 12.8 Å². The number of hydrogen-bond donors (Lipinski definition) is 1. The monoisotopic (exact) mass is 1100 g/mol. The average molecular weight is 1100 g/mol. The summed E-state index contributed by atoms with van der Waals surface area (Å²) < 4.78 is 30.3. The average Bonchev–Trinajstić information content (AvgIpc) is 3.39. The fourth-order valence-electron chi connectivity index (χ4n) is 8.94. The Hall–Kier alpha value is -2.81. The number of esters is 1. The highest BCUT2D eigenvalue weighted by molar-refractivity contribution is 7.45. The van der Waals surface area contributed by atoms with Gasteiger partial charge in [0.2, 0.25) is 5.91 Å². The molecule has 3 unspecified atom stereocenters. The molecule has 0 saturated heterocycles. The van der Waals surface area contributed by atoms with Gasteiger partial charge in [-0.2, -0.15) is 0 Å². The number of allylic oxidation sites excluding steroid dienone is 13. The summed E-state index contributed by atoms with van der Waals surface area (Å²) in [7, 11) is 1.18. The molecule has 0 radical (unpaired) electrons. The van der Waals surface area contributed by atoms with Crippen LogP contribution in [-0.2, 0) is 27.9 Å². The Balaban J connectivity index is 5.11. The molecular weight excluding hydrogens is 976 g/mol. The van der Waals surface area contributed by atoms with Gasteiger partial charge in [-0.25, -0.2) is 0 Å². The smallest absolute Gasteiger partial charge is 0.306 e. The maximum absolute atomic E-state index is 13.5. The second kappa shape index (κ2) is 56.5. The Kier molecular flexibility index (Phi) is 54.4. The fraction of sp³-hybridized carbons (Fsp3) is 0.761. The van der Waals surface area contributed by atoms with Gasteiger partial charge in [-0.05, 0) is 83.1 Å². The number of phosphoric ester groups is 1. The first-order valence-corrected chi connectivity index (χ1v) is 33.4. The summed E-state index contributed by atoms with van der Waals surface area (Å²) >= 11 is 0. The SMILES string of the molecule is CC/C=C\C/C=C\C/C=C\C/C=C\C/C=C\C/C=C\CCCCCCCCCCC(=O)OC(/C=C\CCCCCCCCCCCCC)C(COP(=O)([O-])OCC[N+](C)(C)C)NC(=O)CCCCCCCCCCCCC. The number of likely N-dealkylation sites (N-methyl/N-ethyl adjacent to an activating group) is 1. The van der Waals surface area contributed by atoms with Crippen molar-refractivity contribution in [3.63, 3.8) is 0 Å². The van der Waals surface area contributed by atoms with Crippen molar-refractivity contribution in [2.24, 2.45) is 0 Å². The van der Waals surface area contributed by atoms with Crippen LogP contribution < -0.4 is 10.2 Å². The van der Waals surface area contributed by atoms with Crippen LogP contribution in [0.2, 0.25) is 0 Å². The highest BCUT2D eigenvalue weighted by Gasteiger charge is 2.27. The zero-order chi connectivity index (χ0) is 56.4. The zero-order valence-electron chi connectivity index (χ0n) is 50.9. The van der Waals surface area contributed by atoms with Gasteiger partial charge in [-0.3, -0.25) is 14.2 Å². The number of hydrogen-bond acceptors (Lipinski definition) is 7. The number of carbonyl (C=O) groups is 2. The van der Waals surface area contributed by atoms with Crippen LogP contribution in [0.4, 0.5) is 0 Å². The number of ether oxygens (including phenoxy) is 1. The van der Waals surface area contributed by atoms with Crippen LogP contribution >= 0.6 is 7.82 Å². The van der Waals surface area contributed by atoms with E-state index in [9.17, 15) is 19.0 Å². The molecular formula is C67H121N2O7P. The Labute approximate surface area is 476 Å². The molecule has 0 aromatic heterocycles. The number of phosphoric acid groups is 1. The van der Waals surface area contributed by atoms with E-state index in [-0.39, 0.29) is 24.9 Å². The summed E-state index contributed by atoms with van der Waals surface area (Å²) in [5.74, 6) is -0.549. The maximum atomic E-state index is 13.5. The van der Waals surface area contributed by atoms with Crippen molar-refractivity contribution in [1.29, 1.82) is 0 Å². The van der Waals surface area contributed by atoms with E-state index in [0.29, 0.717) is 17.4 Å². The first kappa shape index (κ1) is 74.2. The second-order valence-electron chi connectivity index (χ2n) is 22.5. The second-order valence-corrected chi connectivity index (χ2v) is 23.9. The van der Waals surface area contributed by atoms with Crippen LogP contribution in [0.1, 0.15) is 278 Å². The summed E-state index contributed by atoms with van der Waals surface area (Å²) in [5, 5.41) is 3.02. The van der Waals surface area contributed by atoms with Crippen LogP contribution in [-0.4, -0.2) is 69.4 Å². The molecule has 446 valence electrons. The van der Waals surface area contributed by atoms with E-state index in [1.807, 2.05) is 33.3 Å². The zero-order valence-corrected chi connectivity index (χ0v) is 51.8. The predicted octanol–water partition coefficient (Wildman–Crippen LogP) is 19.1. The van der Waals surface area contributed by atoms with Gasteiger partial charge in [-0.1, -0.05) is 267 Å². The summed E-state index contributed by atoms with van der Waals surface area (Å²) in [6.07, 6.45) is 74.1. The lowest BCUT2D eigenvalue weighted by Crippen LogP contribution is -2.47. The lowest BCUT2D eigenvalue weighted by atomic mass is 10.0. The number of unbranched alkanes of at least 4 members (excludes halogenated alkanes) is 29. The number of nitrogens with zero attached hydrogens (tertiary/aromatic N) is 1. The largest absolute Gasteiger partial charge is 0.756 e. The Morgan fingerprint density at radius 1 is 0.468 bits per heavy atom. The molecule has 1 amide bonds. The van der Waals surface area contributed by atoms with E-state index in [4.69, 9.17) is 13.8 Å². The van der Waals surface area contributed by atoms with Crippen LogP contribution in [0, 0.1) is 0 Å². The molecule has 0 heterocycles. The highest BCUT2D eigenvalue weighted by atomic mass is 31.2. The molecule has 0 rings (SSSR count). The molecule has 0 fully saturated rings. The van der Waals surface area contributed by atoms with Crippen LogP contribution in [0.5, 0.6) is 0 Å². The number of rotatable bonds is 57. The van der Waals surface area contributed by atoms with E-state index in [1.54, 1.807) is 0 Å². The third kappa shape index (κ3) is 57.7. The topological polar surface area (TPSA) is 114 Å². The molecule has 1 N–H and O–H groups in total. The van der Waals surface area contributed by atoms with Crippen molar-refractivity contribution >= 4 is 19.7 Å². The number of quaternary nitrogens is 1. The maximum Gasteiger partial charge on any atom is 0.306 e. The van der Waals surface area contributed by atoms with Crippen molar-refractivity contribution in [1.82, 2.24) is 5.32 Å². The molecule has 0 bridgehead atoms. The highest BCUT2D eigenvalue weighted by Crippen LogP contribution is 2.38. The van der Waals surface area contributed by atoms with Crippen molar-refractivity contribution in [2.45, 2.75) is 290 Å². The summed E-state index contributed by atoms with van der Waals surface area (Å²) in [4.78, 5) is 39.9. The van der Waals surface area contributed by atoms with E-state index in [1.165, 1.54) is 135 Å². The molecule has 0 aliphatic rings. The Bertz CT molecular complexity index is 1590. The van der Waals surface area contributed by atoms with Crippen molar-refractivity contribution in [3.8, 4) is 0 Å². The number of nitrogens with one attached hydrogen (secondary N) is 1. The Morgan fingerprint density at radius 2 is 0.831 bits per heavy atom. The van der Waals surface area contributed by atoms with E-state index < -0.39 is 26.6 Å². The summed E-state index contributed by atoms with van der Waals surface area (Å²) in [6.45, 7) is 6.72. The van der Waals surface area contributed by atoms with Gasteiger partial charge in [0.1, 0.15) is 19.3 Å². The molecule has 0 aliphatic carbocycles. The van der Waals surface area contributed by atoms with E-state index >= 15 is 0 Å². The third-order valence-electron chi connectivity index (χ3n) is 13.8. The van der Waals surface area contributed by atoms with E-state index in [0.717, 1.165) is 109 Å². The summed E-state index contributed by atoms with van der Waals surface area (Å²) in [6, 6.07) is -0.892. The quantitative estimate of drug-likeness (QED) is 0.0212. The van der Waals surface area contributed by atoms with Gasteiger partial charge in [0.25, 0.3) is 7.82 Å². The molecule has 77 heavy (non-hydrogen) atoms. The fourth-order valence-corrected chi connectivity index (χ4v) is 9.66. The van der Waals surface area contributed by atoms with Crippen molar-refractivity contribution in [2.75, 3.05) is 40.9 Å². The summed E-state index contributed by atoms with van der Waals surface area (Å²) in [5.41, 5.74) is 0. The lowest BCUT2D eigenvalue weighted by Gasteiger charge is -2.30. The molecule has 3 atom stereocenters. The molecule has 0 saturated carbocycles. The van der Waals surface area contributed by atoms with Gasteiger partial charge in [0.05, 0.1) is 33.8 Å². The Morgan fingerprint density at radius 3 is 1.25 bits per heavy atom. The van der Waals surface area contributed by atoms with Crippen molar-refractivity contribution in [3.05, 3.63) is 85.1 Å². The normalized spacial score (nSPS) is 14.2. The number of carbonyl (C=O) groups excluding carboxylic acids is 2. The van der Waals surface area contributed by atoms with E-state index in [2.05, 4.69) is 99.0 Å². The third-order valence-corrected chi connectivity index (χ3v) is 14.8. The van der Waals surface area contributed by atoms with Gasteiger partial charge in [-0.15, -0.1) is 0 Å².